The molecule has 0 saturated carbocycles. The molecule has 0 aliphatic heterocycles. The van der Waals surface area contributed by atoms with Crippen molar-refractivity contribution in [1.82, 2.24) is 15.6 Å². The summed E-state index contributed by atoms with van der Waals surface area (Å²) in [5.74, 6) is 5.05. The molecular formula is C27H22N4O. The van der Waals surface area contributed by atoms with Crippen LogP contribution in [0.5, 0.6) is 0 Å². The van der Waals surface area contributed by atoms with E-state index >= 15 is 0 Å². The second-order valence-corrected chi connectivity index (χ2v) is 7.65. The number of amides is 1. The van der Waals surface area contributed by atoms with E-state index < -0.39 is 5.41 Å². The average molecular weight is 419 g/mol. The summed E-state index contributed by atoms with van der Waals surface area (Å²) in [6, 6.07) is 36.5. The summed E-state index contributed by atoms with van der Waals surface area (Å²) in [7, 11) is 0. The van der Waals surface area contributed by atoms with Crippen LogP contribution in [0, 0.1) is 0 Å². The number of H-pyrrole nitrogens is 1. The van der Waals surface area contributed by atoms with Gasteiger partial charge in [0.1, 0.15) is 0 Å². The van der Waals surface area contributed by atoms with Crippen molar-refractivity contribution in [2.24, 2.45) is 5.84 Å². The van der Waals surface area contributed by atoms with Gasteiger partial charge in [-0.3, -0.25) is 15.3 Å². The van der Waals surface area contributed by atoms with Gasteiger partial charge in [-0.05, 0) is 34.9 Å². The number of aromatic nitrogens is 2. The van der Waals surface area contributed by atoms with Gasteiger partial charge in [0, 0.05) is 10.9 Å². The summed E-state index contributed by atoms with van der Waals surface area (Å²) in [6.45, 7) is 0. The van der Waals surface area contributed by atoms with E-state index in [0.717, 1.165) is 33.3 Å². The highest BCUT2D eigenvalue weighted by molar-refractivity contribution is 5.98. The van der Waals surface area contributed by atoms with E-state index in [0.29, 0.717) is 5.56 Å². The lowest BCUT2D eigenvalue weighted by molar-refractivity contribution is 0.0954. The monoisotopic (exact) mass is 418 g/mol. The van der Waals surface area contributed by atoms with Gasteiger partial charge >= 0.3 is 0 Å². The van der Waals surface area contributed by atoms with Crippen molar-refractivity contribution in [3.63, 3.8) is 0 Å². The highest BCUT2D eigenvalue weighted by Gasteiger charge is 2.41. The summed E-state index contributed by atoms with van der Waals surface area (Å²) in [4.78, 5) is 12.3. The first kappa shape index (κ1) is 19.7. The highest BCUT2D eigenvalue weighted by Crippen LogP contribution is 2.46. The van der Waals surface area contributed by atoms with Gasteiger partial charge in [0.05, 0.1) is 16.6 Å². The van der Waals surface area contributed by atoms with E-state index in [1.54, 1.807) is 6.07 Å². The number of benzene rings is 4. The molecule has 4 N–H and O–H groups in total. The zero-order valence-corrected chi connectivity index (χ0v) is 17.3. The molecule has 0 bridgehead atoms. The van der Waals surface area contributed by atoms with Crippen molar-refractivity contribution in [2.45, 2.75) is 5.41 Å². The van der Waals surface area contributed by atoms with Crippen molar-refractivity contribution in [1.29, 1.82) is 0 Å². The smallest absolute Gasteiger partial charge is 0.265 e. The molecule has 0 atom stereocenters. The average Bonchev–Trinajstić information content (AvgIpc) is 3.30. The molecule has 1 aromatic heterocycles. The second-order valence-electron chi connectivity index (χ2n) is 7.65. The van der Waals surface area contributed by atoms with Gasteiger partial charge in [0.25, 0.3) is 5.91 Å². The van der Waals surface area contributed by atoms with Crippen LogP contribution in [0.2, 0.25) is 0 Å². The third kappa shape index (κ3) is 3.07. The number of carbonyl (C=O) groups excluding carboxylic acids is 1. The Morgan fingerprint density at radius 3 is 1.72 bits per heavy atom. The number of rotatable bonds is 5. The maximum atomic E-state index is 12.3. The second kappa shape index (κ2) is 8.13. The van der Waals surface area contributed by atoms with Crippen LogP contribution in [-0.4, -0.2) is 16.1 Å². The largest absolute Gasteiger partial charge is 0.290 e. The molecule has 32 heavy (non-hydrogen) atoms. The van der Waals surface area contributed by atoms with Crippen LogP contribution in [0.15, 0.2) is 109 Å². The van der Waals surface area contributed by atoms with Gasteiger partial charge in [-0.25, -0.2) is 5.84 Å². The van der Waals surface area contributed by atoms with Crippen molar-refractivity contribution < 1.29 is 4.79 Å². The van der Waals surface area contributed by atoms with Crippen LogP contribution >= 0.6 is 0 Å². The molecule has 0 radical (unpaired) electrons. The van der Waals surface area contributed by atoms with Crippen LogP contribution in [0.3, 0.4) is 0 Å². The molecule has 0 unspecified atom stereocenters. The lowest BCUT2D eigenvalue weighted by Gasteiger charge is -2.35. The van der Waals surface area contributed by atoms with Crippen molar-refractivity contribution in [3.8, 4) is 0 Å². The minimum absolute atomic E-state index is 0.344. The fraction of sp³-hybridized carbons (Fsp3) is 0.0370. The Morgan fingerprint density at radius 2 is 1.25 bits per heavy atom. The SMILES string of the molecule is NNC(=O)c1ccc2[nH]nc(C(c3ccccc3)(c3ccccc3)c3ccccc3)c2c1. The first-order valence-corrected chi connectivity index (χ1v) is 10.4. The van der Waals surface area contributed by atoms with Gasteiger partial charge in [-0.15, -0.1) is 0 Å². The third-order valence-electron chi connectivity index (χ3n) is 5.93. The molecular weight excluding hydrogens is 396 g/mol. The first-order valence-electron chi connectivity index (χ1n) is 10.4. The van der Waals surface area contributed by atoms with E-state index in [-0.39, 0.29) is 5.91 Å². The number of hydrogen-bond donors (Lipinski definition) is 3. The Bertz CT molecular complexity index is 1270. The van der Waals surface area contributed by atoms with Gasteiger partial charge in [0.15, 0.2) is 0 Å². The molecule has 1 amide bonds. The number of nitrogens with two attached hydrogens (primary N) is 1. The fourth-order valence-electron chi connectivity index (χ4n) is 4.50. The van der Waals surface area contributed by atoms with E-state index in [2.05, 4.69) is 46.9 Å². The van der Waals surface area contributed by atoms with Gasteiger partial charge in [0.2, 0.25) is 0 Å². The number of nitrogen functional groups attached to an aromatic ring is 1. The standard InChI is InChI=1S/C27H22N4O/c28-29-26(32)19-16-17-24-23(18-19)25(31-30-24)27(20-10-4-1-5-11-20,21-12-6-2-7-13-21)22-14-8-3-9-15-22/h1-18H,28H2,(H,29,32)(H,30,31). The predicted octanol–water partition coefficient (Wildman–Crippen LogP) is 4.55. The highest BCUT2D eigenvalue weighted by atomic mass is 16.2. The molecule has 0 aliphatic rings. The lowest BCUT2D eigenvalue weighted by Crippen LogP contribution is -2.32. The van der Waals surface area contributed by atoms with E-state index in [1.165, 1.54) is 0 Å². The molecule has 0 aliphatic carbocycles. The van der Waals surface area contributed by atoms with Crippen LogP contribution < -0.4 is 11.3 Å². The summed E-state index contributed by atoms with van der Waals surface area (Å²) in [5, 5.41) is 8.87. The molecule has 4 aromatic carbocycles. The molecule has 5 heteroatoms. The molecule has 1 heterocycles. The van der Waals surface area contributed by atoms with Gasteiger partial charge in [-0.1, -0.05) is 91.0 Å². The van der Waals surface area contributed by atoms with Gasteiger partial charge < -0.3 is 0 Å². The third-order valence-corrected chi connectivity index (χ3v) is 5.93. The Labute approximate surface area is 185 Å². The Kier molecular flexibility index (Phi) is 5.01. The zero-order valence-electron chi connectivity index (χ0n) is 17.3. The summed E-state index contributed by atoms with van der Waals surface area (Å²) < 4.78 is 0. The predicted molar refractivity (Wildman–Crippen MR) is 126 cm³/mol. The maximum Gasteiger partial charge on any atom is 0.265 e. The van der Waals surface area contributed by atoms with Crippen molar-refractivity contribution >= 4 is 16.8 Å². The molecule has 0 fully saturated rings. The minimum atomic E-state index is -0.695. The van der Waals surface area contributed by atoms with Crippen LogP contribution in [-0.2, 0) is 5.41 Å². The van der Waals surface area contributed by atoms with Crippen molar-refractivity contribution in [2.75, 3.05) is 0 Å². The molecule has 5 nitrogen and oxygen atoms in total. The van der Waals surface area contributed by atoms with Crippen LogP contribution in [0.4, 0.5) is 0 Å². The van der Waals surface area contributed by atoms with E-state index in [4.69, 9.17) is 10.9 Å². The number of nitrogens with zero attached hydrogens (tertiary/aromatic N) is 1. The number of aromatic amines is 1. The Balaban J connectivity index is 1.92. The molecule has 5 rings (SSSR count). The van der Waals surface area contributed by atoms with Crippen LogP contribution in [0.25, 0.3) is 10.9 Å². The number of carbonyl (C=O) groups is 1. The summed E-state index contributed by atoms with van der Waals surface area (Å²) in [5.41, 5.74) is 6.92. The van der Waals surface area contributed by atoms with Crippen LogP contribution in [0.1, 0.15) is 32.7 Å². The van der Waals surface area contributed by atoms with E-state index in [1.807, 2.05) is 66.7 Å². The normalized spacial score (nSPS) is 11.4. The number of nitrogens with one attached hydrogen (secondary N) is 2. The molecule has 5 aromatic rings. The molecule has 156 valence electrons. The first-order chi connectivity index (χ1) is 15.7. The minimum Gasteiger partial charge on any atom is -0.290 e. The maximum absolute atomic E-state index is 12.3. The van der Waals surface area contributed by atoms with Crippen molar-refractivity contribution in [3.05, 3.63) is 137 Å². The molecule has 0 saturated heterocycles. The fourth-order valence-corrected chi connectivity index (χ4v) is 4.50. The molecule has 0 spiro atoms. The van der Waals surface area contributed by atoms with Gasteiger partial charge in [-0.2, -0.15) is 5.10 Å². The number of hydrogen-bond acceptors (Lipinski definition) is 3. The Hall–Kier alpha value is -4.22. The number of hydrazine groups is 1. The van der Waals surface area contributed by atoms with E-state index in [9.17, 15) is 4.79 Å². The number of fused-ring (bicyclic) bond motifs is 1. The lowest BCUT2D eigenvalue weighted by atomic mass is 9.66. The zero-order chi connectivity index (χ0) is 22.0. The Morgan fingerprint density at radius 1 is 0.750 bits per heavy atom. The summed E-state index contributed by atoms with van der Waals surface area (Å²) >= 11 is 0. The topological polar surface area (TPSA) is 83.8 Å². The quantitative estimate of drug-likeness (QED) is 0.169. The summed E-state index contributed by atoms with van der Waals surface area (Å²) in [6.07, 6.45) is 0.